The lowest BCUT2D eigenvalue weighted by Gasteiger charge is -2.34. The van der Waals surface area contributed by atoms with Crippen LogP contribution in [0.25, 0.3) is 0 Å². The fourth-order valence-electron chi connectivity index (χ4n) is 4.09. The number of carbonyl (C=O) groups excluding carboxylic acids is 1. The molecule has 2 heterocycles. The first kappa shape index (κ1) is 18.7. The predicted octanol–water partition coefficient (Wildman–Crippen LogP) is 3.04. The van der Waals surface area contributed by atoms with E-state index >= 15 is 0 Å². The molecule has 2 fully saturated rings. The summed E-state index contributed by atoms with van der Waals surface area (Å²) in [6, 6.07) is 2.09. The smallest absolute Gasteiger partial charge is 0.317 e. The molecule has 0 bridgehead atoms. The standard InChI is InChI=1S/C19H31N5O2/c1-3-19(9-4-5-10-19)14-21-18(25)24-12-7-15(8-13-24)22-17-20-11-6-16(23-17)26-2/h6,11,15H,3-5,7-10,12-14H2,1-2H3,(H,21,25)(H,20,22,23). The molecule has 7 nitrogen and oxygen atoms in total. The summed E-state index contributed by atoms with van der Waals surface area (Å²) in [5, 5.41) is 6.54. The minimum absolute atomic E-state index is 0.0841. The highest BCUT2D eigenvalue weighted by Crippen LogP contribution is 2.40. The van der Waals surface area contributed by atoms with E-state index in [9.17, 15) is 4.79 Å². The van der Waals surface area contributed by atoms with Gasteiger partial charge >= 0.3 is 6.03 Å². The van der Waals surface area contributed by atoms with Crippen molar-refractivity contribution >= 4 is 12.0 Å². The minimum atomic E-state index is 0.0841. The first-order chi connectivity index (χ1) is 12.6. The molecule has 0 atom stereocenters. The van der Waals surface area contributed by atoms with Crippen LogP contribution >= 0.6 is 0 Å². The fourth-order valence-corrected chi connectivity index (χ4v) is 4.09. The van der Waals surface area contributed by atoms with Gasteiger partial charge < -0.3 is 20.3 Å². The molecule has 0 aromatic carbocycles. The highest BCUT2D eigenvalue weighted by Gasteiger charge is 2.33. The summed E-state index contributed by atoms with van der Waals surface area (Å²) in [6.45, 7) is 4.58. The second kappa shape index (κ2) is 8.56. The zero-order valence-electron chi connectivity index (χ0n) is 16.0. The van der Waals surface area contributed by atoms with Gasteiger partial charge in [-0.3, -0.25) is 0 Å². The number of methoxy groups -OCH3 is 1. The van der Waals surface area contributed by atoms with E-state index in [2.05, 4.69) is 27.5 Å². The monoisotopic (exact) mass is 361 g/mol. The van der Waals surface area contributed by atoms with Crippen molar-refractivity contribution in [3.05, 3.63) is 12.3 Å². The van der Waals surface area contributed by atoms with E-state index in [4.69, 9.17) is 4.74 Å². The van der Waals surface area contributed by atoms with Crippen LogP contribution in [0.4, 0.5) is 10.7 Å². The molecule has 1 saturated carbocycles. The van der Waals surface area contributed by atoms with Crippen molar-refractivity contribution in [2.24, 2.45) is 5.41 Å². The van der Waals surface area contributed by atoms with Gasteiger partial charge in [0, 0.05) is 37.9 Å². The number of rotatable bonds is 6. The van der Waals surface area contributed by atoms with Gasteiger partial charge in [-0.2, -0.15) is 4.98 Å². The maximum Gasteiger partial charge on any atom is 0.317 e. The lowest BCUT2D eigenvalue weighted by Crippen LogP contribution is -2.49. The number of anilines is 1. The van der Waals surface area contributed by atoms with Crippen molar-refractivity contribution in [1.82, 2.24) is 20.2 Å². The second-order valence-electron chi connectivity index (χ2n) is 7.55. The van der Waals surface area contributed by atoms with Crippen LogP contribution in [0.3, 0.4) is 0 Å². The number of hydrogen-bond acceptors (Lipinski definition) is 5. The van der Waals surface area contributed by atoms with E-state index < -0.39 is 0 Å². The molecular formula is C19H31N5O2. The number of nitrogens with zero attached hydrogens (tertiary/aromatic N) is 3. The van der Waals surface area contributed by atoms with E-state index in [1.807, 2.05) is 4.90 Å². The van der Waals surface area contributed by atoms with Gasteiger partial charge in [-0.05, 0) is 37.5 Å². The summed E-state index contributed by atoms with van der Waals surface area (Å²) in [6.07, 6.45) is 9.72. The Morgan fingerprint density at radius 1 is 1.35 bits per heavy atom. The maximum atomic E-state index is 12.5. The van der Waals surface area contributed by atoms with Gasteiger partial charge in [-0.1, -0.05) is 19.8 Å². The number of carbonyl (C=O) groups is 1. The molecule has 3 rings (SSSR count). The summed E-state index contributed by atoms with van der Waals surface area (Å²) in [4.78, 5) is 23.0. The summed E-state index contributed by atoms with van der Waals surface area (Å²) in [5.74, 6) is 1.13. The van der Waals surface area contributed by atoms with Gasteiger partial charge in [-0.15, -0.1) is 0 Å². The summed E-state index contributed by atoms with van der Waals surface area (Å²) in [7, 11) is 1.59. The van der Waals surface area contributed by atoms with Crippen molar-refractivity contribution < 1.29 is 9.53 Å². The zero-order chi connectivity index (χ0) is 18.4. The molecule has 144 valence electrons. The number of aromatic nitrogens is 2. The quantitative estimate of drug-likeness (QED) is 0.814. The molecular weight excluding hydrogens is 330 g/mol. The van der Waals surface area contributed by atoms with E-state index in [1.54, 1.807) is 19.4 Å². The number of hydrogen-bond donors (Lipinski definition) is 2. The highest BCUT2D eigenvalue weighted by atomic mass is 16.5. The maximum absolute atomic E-state index is 12.5. The molecule has 26 heavy (non-hydrogen) atoms. The predicted molar refractivity (Wildman–Crippen MR) is 101 cm³/mol. The number of ether oxygens (including phenoxy) is 1. The van der Waals surface area contributed by atoms with Gasteiger partial charge in [0.15, 0.2) is 0 Å². The Balaban J connectivity index is 1.43. The SMILES string of the molecule is CCC1(CNC(=O)N2CCC(Nc3nccc(OC)n3)CC2)CCCC1. The van der Waals surface area contributed by atoms with Crippen LogP contribution < -0.4 is 15.4 Å². The molecule has 0 spiro atoms. The van der Waals surface area contributed by atoms with Crippen LogP contribution in [0, 0.1) is 5.41 Å². The molecule has 1 aliphatic carbocycles. The molecule has 2 N–H and O–H groups in total. The molecule has 2 amide bonds. The van der Waals surface area contributed by atoms with Crippen LogP contribution in [0.2, 0.25) is 0 Å². The first-order valence-electron chi connectivity index (χ1n) is 9.80. The fraction of sp³-hybridized carbons (Fsp3) is 0.737. The zero-order valence-corrected chi connectivity index (χ0v) is 16.0. The van der Waals surface area contributed by atoms with Crippen LogP contribution in [-0.4, -0.2) is 53.7 Å². The van der Waals surface area contributed by atoms with Crippen molar-refractivity contribution in [3.8, 4) is 5.88 Å². The number of piperidine rings is 1. The molecule has 1 aromatic heterocycles. The van der Waals surface area contributed by atoms with E-state index in [-0.39, 0.29) is 12.1 Å². The molecule has 0 unspecified atom stereocenters. The number of likely N-dealkylation sites (tertiary alicyclic amines) is 1. The van der Waals surface area contributed by atoms with Gasteiger partial charge in [-0.25, -0.2) is 9.78 Å². The Kier molecular flexibility index (Phi) is 6.16. The first-order valence-corrected chi connectivity index (χ1v) is 9.80. The van der Waals surface area contributed by atoms with Crippen LogP contribution in [0.15, 0.2) is 12.3 Å². The van der Waals surface area contributed by atoms with Crippen LogP contribution in [0.1, 0.15) is 51.9 Å². The number of nitrogens with one attached hydrogen (secondary N) is 2. The largest absolute Gasteiger partial charge is 0.481 e. The van der Waals surface area contributed by atoms with Crippen molar-refractivity contribution in [2.75, 3.05) is 32.1 Å². The summed E-state index contributed by atoms with van der Waals surface area (Å²) < 4.78 is 5.13. The second-order valence-corrected chi connectivity index (χ2v) is 7.55. The average Bonchev–Trinajstić information content (AvgIpc) is 3.16. The van der Waals surface area contributed by atoms with Crippen LogP contribution in [-0.2, 0) is 0 Å². The third-order valence-corrected chi connectivity index (χ3v) is 5.98. The number of amides is 2. The van der Waals surface area contributed by atoms with E-state index in [1.165, 1.54) is 25.7 Å². The molecule has 7 heteroatoms. The summed E-state index contributed by atoms with van der Waals surface area (Å²) >= 11 is 0. The van der Waals surface area contributed by atoms with Crippen LogP contribution in [0.5, 0.6) is 5.88 Å². The van der Waals surface area contributed by atoms with Crippen molar-refractivity contribution in [3.63, 3.8) is 0 Å². The Bertz CT molecular complexity index is 595. The van der Waals surface area contributed by atoms with E-state index in [0.717, 1.165) is 38.9 Å². The topological polar surface area (TPSA) is 79.4 Å². The molecule has 2 aliphatic rings. The Morgan fingerprint density at radius 3 is 2.73 bits per heavy atom. The average molecular weight is 361 g/mol. The Labute approximate surface area is 155 Å². The molecule has 1 aliphatic heterocycles. The van der Waals surface area contributed by atoms with Gasteiger partial charge in [0.1, 0.15) is 0 Å². The van der Waals surface area contributed by atoms with Gasteiger partial charge in [0.25, 0.3) is 0 Å². The van der Waals surface area contributed by atoms with Crippen molar-refractivity contribution in [2.45, 2.75) is 57.9 Å². The molecule has 1 aromatic rings. The van der Waals surface area contributed by atoms with E-state index in [0.29, 0.717) is 17.2 Å². The third kappa shape index (κ3) is 4.56. The Hall–Kier alpha value is -2.05. The molecule has 1 saturated heterocycles. The van der Waals surface area contributed by atoms with Crippen molar-refractivity contribution in [1.29, 1.82) is 0 Å². The Morgan fingerprint density at radius 2 is 2.08 bits per heavy atom. The minimum Gasteiger partial charge on any atom is -0.481 e. The highest BCUT2D eigenvalue weighted by molar-refractivity contribution is 5.74. The normalized spacial score (nSPS) is 20.0. The lowest BCUT2D eigenvalue weighted by atomic mass is 9.83. The molecule has 0 radical (unpaired) electrons. The summed E-state index contributed by atoms with van der Waals surface area (Å²) in [5.41, 5.74) is 0.333. The number of urea groups is 1. The lowest BCUT2D eigenvalue weighted by molar-refractivity contribution is 0.174. The third-order valence-electron chi connectivity index (χ3n) is 5.98. The van der Waals surface area contributed by atoms with Gasteiger partial charge in [0.05, 0.1) is 7.11 Å². The van der Waals surface area contributed by atoms with Gasteiger partial charge in [0.2, 0.25) is 11.8 Å².